The van der Waals surface area contributed by atoms with Crippen LogP contribution in [0.15, 0.2) is 30.3 Å². The largest absolute Gasteiger partial charge is 0.343 e. The number of benzene rings is 1. The van der Waals surface area contributed by atoms with Crippen molar-refractivity contribution >= 4 is 5.84 Å². The van der Waals surface area contributed by atoms with E-state index < -0.39 is 22.2 Å². The number of nitrogens with one attached hydrogen (secondary N) is 1. The van der Waals surface area contributed by atoms with Gasteiger partial charge in [0.2, 0.25) is 0 Å². The second-order valence-electron chi connectivity index (χ2n) is 5.78. The average molecular weight is 297 g/mol. The molecule has 1 heterocycles. The molecule has 3 rings (SSSR count). The lowest BCUT2D eigenvalue weighted by Gasteiger charge is -2.29. The summed E-state index contributed by atoms with van der Waals surface area (Å²) in [7, 11) is 2.86. The van der Waals surface area contributed by atoms with E-state index in [4.69, 9.17) is 15.2 Å². The van der Waals surface area contributed by atoms with Crippen LogP contribution in [0, 0.1) is 33.5 Å². The summed E-state index contributed by atoms with van der Waals surface area (Å²) in [5, 5.41) is 19.9. The van der Waals surface area contributed by atoms with Crippen molar-refractivity contribution in [2.45, 2.75) is 18.2 Å². The highest BCUT2D eigenvalue weighted by Gasteiger charge is 3.02. The van der Waals surface area contributed by atoms with Gasteiger partial charge in [0, 0.05) is 14.2 Å². The molecular formula is C16H17N4O2+. The Balaban J connectivity index is 2.36. The van der Waals surface area contributed by atoms with Crippen LogP contribution >= 0.6 is 0 Å². The Morgan fingerprint density at radius 2 is 1.68 bits per heavy atom. The van der Waals surface area contributed by atoms with Crippen LogP contribution in [0.2, 0.25) is 0 Å². The van der Waals surface area contributed by atoms with E-state index in [1.165, 1.54) is 14.2 Å². The maximum absolute atomic E-state index is 10.0. The molecule has 1 saturated carbocycles. The zero-order valence-corrected chi connectivity index (χ0v) is 12.7. The molecule has 1 aromatic rings. The van der Waals surface area contributed by atoms with Crippen LogP contribution in [0.25, 0.3) is 0 Å². The van der Waals surface area contributed by atoms with Crippen LogP contribution < -0.4 is 10.7 Å². The second kappa shape index (κ2) is 4.07. The maximum Gasteiger partial charge on any atom is 0.343 e. The quantitative estimate of drug-likeness (QED) is 0.723. The number of nitriles is 2. The summed E-state index contributed by atoms with van der Waals surface area (Å²) in [4.78, 5) is 2.88. The fraction of sp³-hybridized carbons (Fsp3) is 0.438. The Bertz CT molecular complexity index is 744. The lowest BCUT2D eigenvalue weighted by atomic mass is 9.84. The first-order valence-corrected chi connectivity index (χ1v) is 6.87. The van der Waals surface area contributed by atoms with E-state index in [1.54, 1.807) is 0 Å². The highest BCUT2D eigenvalue weighted by atomic mass is 16.7. The van der Waals surface area contributed by atoms with Crippen LogP contribution in [0.3, 0.4) is 0 Å². The molecule has 0 spiro atoms. The van der Waals surface area contributed by atoms with Crippen molar-refractivity contribution in [3.63, 3.8) is 0 Å². The van der Waals surface area contributed by atoms with Crippen molar-refractivity contribution in [3.05, 3.63) is 35.9 Å². The summed E-state index contributed by atoms with van der Waals surface area (Å²) in [6.07, 6.45) is 0. The van der Waals surface area contributed by atoms with Crippen molar-refractivity contribution < 1.29 is 14.5 Å². The molecule has 3 N–H and O–H groups in total. The molecule has 1 aliphatic heterocycles. The van der Waals surface area contributed by atoms with Crippen LogP contribution in [0.5, 0.6) is 0 Å². The third kappa shape index (κ3) is 1.03. The van der Waals surface area contributed by atoms with Gasteiger partial charge in [-0.3, -0.25) is 5.73 Å². The molecule has 0 aromatic heterocycles. The zero-order valence-electron chi connectivity index (χ0n) is 12.7. The number of hydrogen-bond acceptors (Lipinski definition) is 5. The lowest BCUT2D eigenvalue weighted by molar-refractivity contribution is -0.688. The molecule has 0 saturated heterocycles. The highest BCUT2D eigenvalue weighted by molar-refractivity contribution is 5.97. The predicted octanol–water partition coefficient (Wildman–Crippen LogP) is -0.624. The van der Waals surface area contributed by atoms with Crippen molar-refractivity contribution in [3.8, 4) is 12.1 Å². The van der Waals surface area contributed by atoms with E-state index in [9.17, 15) is 10.5 Å². The van der Waals surface area contributed by atoms with E-state index in [-0.39, 0.29) is 5.84 Å². The van der Waals surface area contributed by atoms with E-state index in [0.717, 1.165) is 5.56 Å². The number of fused-ring (bicyclic) bond motifs is 1. The SMILES string of the molecule is COC1(OC)[NH+]=C(N)[C@@]2(C#N)[C@@](C)(c3ccccc3)[C@@]12C#N. The summed E-state index contributed by atoms with van der Waals surface area (Å²) < 4.78 is 11.0. The molecule has 1 aromatic carbocycles. The van der Waals surface area contributed by atoms with E-state index in [1.807, 2.05) is 37.3 Å². The van der Waals surface area contributed by atoms with Crippen molar-refractivity contribution in [2.24, 2.45) is 16.6 Å². The number of ether oxygens (including phenoxy) is 2. The Labute approximate surface area is 128 Å². The number of rotatable bonds is 3. The normalized spacial score (nSPS) is 37.6. The summed E-state index contributed by atoms with van der Waals surface area (Å²) in [5.41, 5.74) is 3.64. The standard InChI is InChI=1S/C16H16N4O2/c1-13(11-7-5-4-6-8-11)14(9-17)12(19)20-16(21-2,22-3)15(13,14)10-18/h4-8H,1-3H3,(H2,19,20)/p+1/t13-,14+,15-/m1/s1. The minimum Gasteiger partial charge on any atom is -0.317 e. The van der Waals surface area contributed by atoms with Crippen LogP contribution in [0.1, 0.15) is 12.5 Å². The fourth-order valence-corrected chi connectivity index (χ4v) is 4.35. The average Bonchev–Trinajstić information content (AvgIpc) is 2.98. The molecule has 6 nitrogen and oxygen atoms in total. The molecule has 0 bridgehead atoms. The van der Waals surface area contributed by atoms with Gasteiger partial charge in [-0.1, -0.05) is 37.3 Å². The summed E-state index contributed by atoms with van der Waals surface area (Å²) in [6.45, 7) is 1.86. The minimum atomic E-state index is -1.47. The summed E-state index contributed by atoms with van der Waals surface area (Å²) in [6, 6.07) is 13.9. The van der Waals surface area contributed by atoms with Gasteiger partial charge in [0.15, 0.2) is 10.8 Å². The second-order valence-corrected chi connectivity index (χ2v) is 5.78. The van der Waals surface area contributed by atoms with Gasteiger partial charge in [-0.2, -0.15) is 10.5 Å². The van der Waals surface area contributed by atoms with Gasteiger partial charge < -0.3 is 9.47 Å². The minimum absolute atomic E-state index is 0.201. The van der Waals surface area contributed by atoms with Gasteiger partial charge in [-0.25, -0.2) is 4.99 Å². The molecule has 6 heteroatoms. The van der Waals surface area contributed by atoms with E-state index in [0.29, 0.717) is 0 Å². The maximum atomic E-state index is 10.0. The topological polar surface area (TPSA) is 106 Å². The third-order valence-corrected chi connectivity index (χ3v) is 5.46. The van der Waals surface area contributed by atoms with Gasteiger partial charge in [0.05, 0.1) is 17.6 Å². The molecule has 0 amide bonds. The van der Waals surface area contributed by atoms with E-state index in [2.05, 4.69) is 17.1 Å². The lowest BCUT2D eigenvalue weighted by Crippen LogP contribution is -2.91. The molecule has 3 atom stereocenters. The first-order chi connectivity index (χ1) is 10.5. The molecule has 1 aliphatic carbocycles. The number of methoxy groups -OCH3 is 2. The predicted molar refractivity (Wildman–Crippen MR) is 76.8 cm³/mol. The first-order valence-electron chi connectivity index (χ1n) is 6.87. The summed E-state index contributed by atoms with van der Waals surface area (Å²) in [5.74, 6) is -1.27. The van der Waals surface area contributed by atoms with Crippen LogP contribution in [-0.4, -0.2) is 26.0 Å². The van der Waals surface area contributed by atoms with Gasteiger partial charge >= 0.3 is 5.91 Å². The van der Waals surface area contributed by atoms with Crippen molar-refractivity contribution in [2.75, 3.05) is 14.2 Å². The van der Waals surface area contributed by atoms with E-state index >= 15 is 0 Å². The first kappa shape index (κ1) is 14.5. The Morgan fingerprint density at radius 1 is 1.09 bits per heavy atom. The summed E-state index contributed by atoms with van der Waals surface area (Å²) >= 11 is 0. The number of nitrogens with two attached hydrogens (primary N) is 1. The van der Waals surface area contributed by atoms with Gasteiger partial charge in [0.1, 0.15) is 0 Å². The number of hydrogen-bond donors (Lipinski definition) is 2. The van der Waals surface area contributed by atoms with Crippen molar-refractivity contribution in [1.82, 2.24) is 0 Å². The highest BCUT2D eigenvalue weighted by Crippen LogP contribution is 2.82. The Kier molecular flexibility index (Phi) is 2.69. The molecule has 112 valence electrons. The Hall–Kier alpha value is -2.41. The number of amidine groups is 1. The molecule has 22 heavy (non-hydrogen) atoms. The van der Waals surface area contributed by atoms with Crippen LogP contribution in [-0.2, 0) is 14.9 Å². The van der Waals surface area contributed by atoms with Crippen molar-refractivity contribution in [1.29, 1.82) is 10.5 Å². The van der Waals surface area contributed by atoms with Gasteiger partial charge in [0.25, 0.3) is 5.84 Å². The molecule has 1 fully saturated rings. The smallest absolute Gasteiger partial charge is 0.317 e. The fourth-order valence-electron chi connectivity index (χ4n) is 4.35. The van der Waals surface area contributed by atoms with Gasteiger partial charge in [-0.15, -0.1) is 0 Å². The molecule has 2 aliphatic rings. The molecule has 0 radical (unpaired) electrons. The molecule has 0 unspecified atom stereocenters. The van der Waals surface area contributed by atoms with Crippen LogP contribution in [0.4, 0.5) is 0 Å². The zero-order chi connectivity index (χ0) is 16.2. The number of nitrogens with zero attached hydrogens (tertiary/aromatic N) is 2. The third-order valence-electron chi connectivity index (χ3n) is 5.46. The molecular weight excluding hydrogens is 280 g/mol. The van der Waals surface area contributed by atoms with Gasteiger partial charge in [-0.05, 0) is 5.56 Å². The monoisotopic (exact) mass is 297 g/mol. The Morgan fingerprint density at radius 3 is 2.14 bits per heavy atom.